The lowest BCUT2D eigenvalue weighted by Crippen LogP contribution is -2.23. The third kappa shape index (κ3) is 4.17. The molecule has 5 nitrogen and oxygen atoms in total. The van der Waals surface area contributed by atoms with Crippen LogP contribution in [0.1, 0.15) is 34.5 Å². The second-order valence-corrected chi connectivity index (χ2v) is 7.66. The van der Waals surface area contributed by atoms with Crippen molar-refractivity contribution in [3.63, 3.8) is 0 Å². The number of nitrogens with zero attached hydrogens (tertiary/aromatic N) is 3. The van der Waals surface area contributed by atoms with Crippen LogP contribution >= 0.6 is 11.3 Å². The molecule has 0 bridgehead atoms. The first-order chi connectivity index (χ1) is 13.2. The van der Waals surface area contributed by atoms with E-state index in [9.17, 15) is 4.79 Å². The molecule has 1 aliphatic heterocycles. The zero-order valence-corrected chi connectivity index (χ0v) is 16.1. The summed E-state index contributed by atoms with van der Waals surface area (Å²) in [5.74, 6) is 0.845. The Bertz CT molecular complexity index is 929. The molecular formula is C21H22N4OS. The fourth-order valence-electron chi connectivity index (χ4n) is 3.16. The van der Waals surface area contributed by atoms with Crippen molar-refractivity contribution >= 4 is 23.1 Å². The number of aryl methyl sites for hydroxylation is 1. The summed E-state index contributed by atoms with van der Waals surface area (Å²) in [7, 11) is 0. The highest BCUT2D eigenvalue weighted by Crippen LogP contribution is 2.27. The van der Waals surface area contributed by atoms with E-state index in [4.69, 9.17) is 0 Å². The maximum absolute atomic E-state index is 12.4. The highest BCUT2D eigenvalue weighted by Gasteiger charge is 2.16. The topological polar surface area (TPSA) is 58.1 Å². The monoisotopic (exact) mass is 378 g/mol. The number of rotatable bonds is 5. The second-order valence-electron chi connectivity index (χ2n) is 6.80. The van der Waals surface area contributed by atoms with Gasteiger partial charge in [-0.1, -0.05) is 29.8 Å². The number of nitrogens with one attached hydrogen (secondary N) is 1. The molecule has 0 atom stereocenters. The molecule has 0 unspecified atom stereocenters. The Morgan fingerprint density at radius 2 is 1.96 bits per heavy atom. The highest BCUT2D eigenvalue weighted by atomic mass is 32.1. The number of pyridine rings is 1. The minimum atomic E-state index is -0.146. The largest absolute Gasteiger partial charge is 0.357 e. The van der Waals surface area contributed by atoms with Gasteiger partial charge < -0.3 is 10.2 Å². The van der Waals surface area contributed by atoms with Gasteiger partial charge in [0.1, 0.15) is 16.5 Å². The quantitative estimate of drug-likeness (QED) is 0.728. The average Bonchev–Trinajstić information content (AvgIpc) is 3.39. The van der Waals surface area contributed by atoms with Crippen molar-refractivity contribution in [3.8, 4) is 10.6 Å². The van der Waals surface area contributed by atoms with Crippen LogP contribution in [0.3, 0.4) is 0 Å². The number of carbonyl (C=O) groups is 1. The van der Waals surface area contributed by atoms with Crippen molar-refractivity contribution in [2.24, 2.45) is 0 Å². The van der Waals surface area contributed by atoms with Crippen LogP contribution in [0.5, 0.6) is 0 Å². The molecule has 2 aromatic heterocycles. The van der Waals surface area contributed by atoms with E-state index < -0.39 is 0 Å². The van der Waals surface area contributed by atoms with Crippen LogP contribution in [0.4, 0.5) is 5.82 Å². The molecule has 3 heterocycles. The molecule has 4 rings (SSSR count). The van der Waals surface area contributed by atoms with Crippen molar-refractivity contribution in [1.82, 2.24) is 15.3 Å². The molecule has 1 aromatic carbocycles. The fourth-order valence-corrected chi connectivity index (χ4v) is 3.96. The van der Waals surface area contributed by atoms with E-state index in [1.54, 1.807) is 0 Å². The minimum absolute atomic E-state index is 0.146. The van der Waals surface area contributed by atoms with Gasteiger partial charge in [-0.2, -0.15) is 0 Å². The van der Waals surface area contributed by atoms with Gasteiger partial charge in [0.25, 0.3) is 5.91 Å². The lowest BCUT2D eigenvalue weighted by Gasteiger charge is -2.16. The van der Waals surface area contributed by atoms with E-state index in [1.165, 1.54) is 29.7 Å². The molecule has 0 saturated carbocycles. The van der Waals surface area contributed by atoms with Crippen molar-refractivity contribution in [3.05, 3.63) is 64.8 Å². The maximum atomic E-state index is 12.4. The Balaban J connectivity index is 1.44. The van der Waals surface area contributed by atoms with Crippen molar-refractivity contribution in [2.45, 2.75) is 26.3 Å². The minimum Gasteiger partial charge on any atom is -0.357 e. The molecule has 1 saturated heterocycles. The summed E-state index contributed by atoms with van der Waals surface area (Å²) in [5, 5.41) is 5.60. The van der Waals surface area contributed by atoms with Crippen molar-refractivity contribution in [1.29, 1.82) is 0 Å². The fraction of sp³-hybridized carbons (Fsp3) is 0.286. The first-order valence-corrected chi connectivity index (χ1v) is 10.1. The molecule has 27 heavy (non-hydrogen) atoms. The Hall–Kier alpha value is -2.73. The van der Waals surface area contributed by atoms with Crippen molar-refractivity contribution in [2.75, 3.05) is 18.0 Å². The zero-order chi connectivity index (χ0) is 18.6. The molecule has 1 aliphatic rings. The van der Waals surface area contributed by atoms with Gasteiger partial charge in [-0.3, -0.25) is 4.79 Å². The smallest absolute Gasteiger partial charge is 0.271 e. The van der Waals surface area contributed by atoms with E-state index in [-0.39, 0.29) is 5.91 Å². The van der Waals surface area contributed by atoms with Gasteiger partial charge >= 0.3 is 0 Å². The number of hydrogen-bond acceptors (Lipinski definition) is 5. The number of amides is 1. The molecular weight excluding hydrogens is 356 g/mol. The molecule has 0 spiro atoms. The number of benzene rings is 1. The van der Waals surface area contributed by atoms with E-state index in [0.29, 0.717) is 12.2 Å². The normalized spacial score (nSPS) is 13.7. The van der Waals surface area contributed by atoms with Crippen molar-refractivity contribution < 1.29 is 4.79 Å². The average molecular weight is 379 g/mol. The SMILES string of the molecule is Cc1ccc(CNC(=O)c2csc(-c3ccnc(N4CCCC4)c3)n2)cc1. The van der Waals surface area contributed by atoms with Crippen LogP contribution in [0.2, 0.25) is 0 Å². The van der Waals surface area contributed by atoms with Gasteiger partial charge in [0.15, 0.2) is 0 Å². The van der Waals surface area contributed by atoms with E-state index >= 15 is 0 Å². The van der Waals surface area contributed by atoms with Gasteiger partial charge in [0, 0.05) is 36.8 Å². The Morgan fingerprint density at radius 1 is 1.19 bits per heavy atom. The first kappa shape index (κ1) is 17.7. The third-order valence-electron chi connectivity index (χ3n) is 4.73. The first-order valence-electron chi connectivity index (χ1n) is 9.20. The van der Waals surface area contributed by atoms with Gasteiger partial charge in [-0.25, -0.2) is 9.97 Å². The molecule has 6 heteroatoms. The summed E-state index contributed by atoms with van der Waals surface area (Å²) in [6.45, 7) is 4.66. The number of aromatic nitrogens is 2. The van der Waals surface area contributed by atoms with Crippen LogP contribution < -0.4 is 10.2 Å². The van der Waals surface area contributed by atoms with E-state index in [0.717, 1.165) is 35.0 Å². The lowest BCUT2D eigenvalue weighted by atomic mass is 10.1. The highest BCUT2D eigenvalue weighted by molar-refractivity contribution is 7.13. The predicted molar refractivity (Wildman–Crippen MR) is 109 cm³/mol. The predicted octanol–water partition coefficient (Wildman–Crippen LogP) is 4.04. The zero-order valence-electron chi connectivity index (χ0n) is 15.3. The summed E-state index contributed by atoms with van der Waals surface area (Å²) >= 11 is 1.49. The molecule has 1 N–H and O–H groups in total. The molecule has 1 amide bonds. The van der Waals surface area contributed by atoms with E-state index in [1.807, 2.05) is 48.8 Å². The molecule has 0 aliphatic carbocycles. The van der Waals surface area contributed by atoms with Gasteiger partial charge in [0.05, 0.1) is 0 Å². The van der Waals surface area contributed by atoms with Crippen LogP contribution in [0, 0.1) is 6.92 Å². The number of anilines is 1. The molecule has 3 aromatic rings. The molecule has 0 radical (unpaired) electrons. The van der Waals surface area contributed by atoms with E-state index in [2.05, 4.69) is 26.3 Å². The van der Waals surface area contributed by atoms with Crippen LogP contribution in [-0.4, -0.2) is 29.0 Å². The summed E-state index contributed by atoms with van der Waals surface area (Å²) in [6, 6.07) is 12.2. The third-order valence-corrected chi connectivity index (χ3v) is 5.62. The maximum Gasteiger partial charge on any atom is 0.271 e. The number of thiazole rings is 1. The second kappa shape index (κ2) is 7.88. The molecule has 138 valence electrons. The summed E-state index contributed by atoms with van der Waals surface area (Å²) < 4.78 is 0. The lowest BCUT2D eigenvalue weighted by molar-refractivity contribution is 0.0946. The summed E-state index contributed by atoms with van der Waals surface area (Å²) in [5.41, 5.74) is 3.75. The summed E-state index contributed by atoms with van der Waals surface area (Å²) in [4.78, 5) is 23.7. The Kier molecular flexibility index (Phi) is 5.16. The van der Waals surface area contributed by atoms with Gasteiger partial charge in [-0.05, 0) is 37.5 Å². The van der Waals surface area contributed by atoms with Crippen LogP contribution in [0.15, 0.2) is 48.0 Å². The Morgan fingerprint density at radius 3 is 2.74 bits per heavy atom. The van der Waals surface area contributed by atoms with Gasteiger partial charge in [-0.15, -0.1) is 11.3 Å². The molecule has 1 fully saturated rings. The van der Waals surface area contributed by atoms with Gasteiger partial charge in [0.2, 0.25) is 0 Å². The standard InChI is InChI=1S/C21H22N4OS/c1-15-4-6-16(7-5-15)13-23-20(26)18-14-27-21(24-18)17-8-9-22-19(12-17)25-10-2-3-11-25/h4-9,12,14H,2-3,10-11,13H2,1H3,(H,23,26). The number of hydrogen-bond donors (Lipinski definition) is 1. The van der Waals surface area contributed by atoms with Crippen LogP contribution in [0.25, 0.3) is 10.6 Å². The summed E-state index contributed by atoms with van der Waals surface area (Å²) in [6.07, 6.45) is 4.25. The Labute approximate surface area is 163 Å². The number of carbonyl (C=O) groups excluding carboxylic acids is 1. The van der Waals surface area contributed by atoms with Crippen LogP contribution in [-0.2, 0) is 6.54 Å².